The summed E-state index contributed by atoms with van der Waals surface area (Å²) in [7, 11) is 0. The van der Waals surface area contributed by atoms with Gasteiger partial charge in [0.05, 0.1) is 11.4 Å². The van der Waals surface area contributed by atoms with E-state index in [1.54, 1.807) is 0 Å². The first kappa shape index (κ1) is 26.5. The summed E-state index contributed by atoms with van der Waals surface area (Å²) in [5.74, 6) is -44.0. The van der Waals surface area contributed by atoms with Crippen LogP contribution in [0.2, 0.25) is 0 Å². The SMILES string of the molecule is Nc1c(N)c(F)c(OC(F)(F)C(F)(F)C(F)(F)C(F)(F)C(F)(F)C(F)(F)F)c(F)c1F. The largest absolute Gasteiger partial charge is 0.471 e. The average molecular weight is 496 g/mol. The predicted molar refractivity (Wildman–Crippen MR) is 66.6 cm³/mol. The Labute approximate surface area is 158 Å². The Morgan fingerprint density at radius 2 is 0.839 bits per heavy atom. The van der Waals surface area contributed by atoms with Gasteiger partial charge >= 0.3 is 36.0 Å². The highest BCUT2D eigenvalue weighted by atomic mass is 19.4. The second-order valence-corrected chi connectivity index (χ2v) is 5.51. The van der Waals surface area contributed by atoms with E-state index >= 15 is 0 Å². The summed E-state index contributed by atoms with van der Waals surface area (Å²) in [6.45, 7) is 0. The van der Waals surface area contributed by atoms with E-state index < -0.39 is 70.6 Å². The molecule has 0 spiro atoms. The molecular formula is C12H4F16N2O. The molecule has 0 radical (unpaired) electrons. The molecule has 0 bridgehead atoms. The molecule has 0 amide bonds. The van der Waals surface area contributed by atoms with Gasteiger partial charge in [-0.05, 0) is 0 Å². The van der Waals surface area contributed by atoms with Crippen LogP contribution >= 0.6 is 0 Å². The van der Waals surface area contributed by atoms with Crippen LogP contribution in [-0.4, -0.2) is 36.0 Å². The Morgan fingerprint density at radius 1 is 0.484 bits per heavy atom. The maximum absolute atomic E-state index is 13.6. The van der Waals surface area contributed by atoms with E-state index in [0.29, 0.717) is 0 Å². The lowest BCUT2D eigenvalue weighted by molar-refractivity contribution is -0.457. The smallest absolute Gasteiger partial charge is 0.421 e. The Balaban J connectivity index is 3.63. The number of anilines is 2. The second-order valence-electron chi connectivity index (χ2n) is 5.51. The number of hydrogen-bond donors (Lipinski definition) is 2. The van der Waals surface area contributed by atoms with Crippen LogP contribution in [0.3, 0.4) is 0 Å². The van der Waals surface area contributed by atoms with Gasteiger partial charge in [0.25, 0.3) is 0 Å². The van der Waals surface area contributed by atoms with Crippen molar-refractivity contribution in [1.29, 1.82) is 0 Å². The van der Waals surface area contributed by atoms with E-state index in [1.807, 2.05) is 0 Å². The minimum atomic E-state index is -8.28. The molecule has 180 valence electrons. The van der Waals surface area contributed by atoms with E-state index in [0.717, 1.165) is 0 Å². The van der Waals surface area contributed by atoms with Gasteiger partial charge in [0.1, 0.15) is 0 Å². The van der Waals surface area contributed by atoms with Crippen molar-refractivity contribution < 1.29 is 75.0 Å². The predicted octanol–water partition coefficient (Wildman–Crippen LogP) is 5.34. The van der Waals surface area contributed by atoms with Crippen LogP contribution in [0.15, 0.2) is 0 Å². The fourth-order valence-corrected chi connectivity index (χ4v) is 1.71. The molecule has 0 aliphatic heterocycles. The maximum atomic E-state index is 13.6. The summed E-state index contributed by atoms with van der Waals surface area (Å²) in [6, 6.07) is 0. The lowest BCUT2D eigenvalue weighted by Crippen LogP contribution is -2.70. The van der Waals surface area contributed by atoms with Crippen molar-refractivity contribution in [2.24, 2.45) is 0 Å². The number of rotatable bonds is 6. The maximum Gasteiger partial charge on any atom is 0.471 e. The molecule has 31 heavy (non-hydrogen) atoms. The van der Waals surface area contributed by atoms with Crippen molar-refractivity contribution in [3.8, 4) is 5.75 Å². The minimum absolute atomic E-state index is 1.68. The molecule has 1 aromatic rings. The highest BCUT2D eigenvalue weighted by Crippen LogP contribution is 2.60. The normalized spacial score (nSPS) is 14.7. The molecule has 0 unspecified atom stereocenters. The van der Waals surface area contributed by atoms with Crippen LogP contribution in [0.5, 0.6) is 5.75 Å². The topological polar surface area (TPSA) is 61.3 Å². The molecule has 0 fully saturated rings. The van der Waals surface area contributed by atoms with Crippen LogP contribution in [-0.2, 0) is 0 Å². The third-order valence-electron chi connectivity index (χ3n) is 3.49. The molecular weight excluding hydrogens is 492 g/mol. The monoisotopic (exact) mass is 496 g/mol. The average Bonchev–Trinajstić information content (AvgIpc) is 2.60. The fourth-order valence-electron chi connectivity index (χ4n) is 1.71. The summed E-state index contributed by atoms with van der Waals surface area (Å²) in [5.41, 5.74) is 5.75. The zero-order chi connectivity index (χ0) is 25.2. The molecule has 4 N–H and O–H groups in total. The first-order valence-corrected chi connectivity index (χ1v) is 6.76. The fraction of sp³-hybridized carbons (Fsp3) is 0.500. The third kappa shape index (κ3) is 3.50. The Bertz CT molecular complexity index is 832. The number of nitrogens with two attached hydrogens (primary N) is 2. The van der Waals surface area contributed by atoms with Gasteiger partial charge in [0.2, 0.25) is 11.6 Å². The van der Waals surface area contributed by atoms with Gasteiger partial charge in [-0.15, -0.1) is 0 Å². The number of ether oxygens (including phenoxy) is 1. The molecule has 0 aliphatic carbocycles. The molecule has 3 nitrogen and oxygen atoms in total. The molecule has 0 atom stereocenters. The zero-order valence-corrected chi connectivity index (χ0v) is 13.6. The number of benzene rings is 1. The molecule has 1 aromatic carbocycles. The summed E-state index contributed by atoms with van der Waals surface area (Å²) in [5, 5.41) is 0. The van der Waals surface area contributed by atoms with Crippen molar-refractivity contribution in [3.63, 3.8) is 0 Å². The van der Waals surface area contributed by atoms with Crippen molar-refractivity contribution in [1.82, 2.24) is 0 Å². The molecule has 0 saturated carbocycles. The summed E-state index contributed by atoms with van der Waals surface area (Å²) >= 11 is 0. The van der Waals surface area contributed by atoms with Crippen LogP contribution in [0, 0.1) is 17.5 Å². The Morgan fingerprint density at radius 3 is 1.23 bits per heavy atom. The van der Waals surface area contributed by atoms with Gasteiger partial charge in [-0.3, -0.25) is 0 Å². The second kappa shape index (κ2) is 7.01. The summed E-state index contributed by atoms with van der Waals surface area (Å²) in [6.07, 6.45) is -15.0. The van der Waals surface area contributed by atoms with Crippen LogP contribution in [0.4, 0.5) is 81.6 Å². The van der Waals surface area contributed by atoms with Crippen molar-refractivity contribution in [3.05, 3.63) is 17.5 Å². The van der Waals surface area contributed by atoms with Gasteiger partial charge in [-0.1, -0.05) is 0 Å². The molecule has 0 aromatic heterocycles. The van der Waals surface area contributed by atoms with Crippen molar-refractivity contribution >= 4 is 11.4 Å². The van der Waals surface area contributed by atoms with E-state index in [9.17, 15) is 70.2 Å². The first-order valence-electron chi connectivity index (χ1n) is 6.76. The summed E-state index contributed by atoms with van der Waals surface area (Å²) < 4.78 is 210. The van der Waals surface area contributed by atoms with E-state index in [4.69, 9.17) is 0 Å². The quantitative estimate of drug-likeness (QED) is 0.318. The number of halogens is 16. The van der Waals surface area contributed by atoms with Gasteiger partial charge < -0.3 is 16.2 Å². The van der Waals surface area contributed by atoms with Crippen LogP contribution < -0.4 is 16.2 Å². The zero-order valence-electron chi connectivity index (χ0n) is 13.6. The molecule has 1 rings (SSSR count). The highest BCUT2D eigenvalue weighted by molar-refractivity contribution is 5.67. The summed E-state index contributed by atoms with van der Waals surface area (Å²) in [4.78, 5) is 0. The third-order valence-corrected chi connectivity index (χ3v) is 3.49. The van der Waals surface area contributed by atoms with Gasteiger partial charge in [0.15, 0.2) is 11.6 Å². The Hall–Kier alpha value is -2.50. The van der Waals surface area contributed by atoms with Gasteiger partial charge in [0, 0.05) is 0 Å². The lowest BCUT2D eigenvalue weighted by atomic mass is 9.97. The minimum Gasteiger partial charge on any atom is -0.421 e. The highest BCUT2D eigenvalue weighted by Gasteiger charge is 2.91. The van der Waals surface area contributed by atoms with E-state index in [-0.39, 0.29) is 0 Å². The van der Waals surface area contributed by atoms with Crippen LogP contribution in [0.1, 0.15) is 0 Å². The molecule has 0 aliphatic rings. The number of hydrogen-bond acceptors (Lipinski definition) is 3. The van der Waals surface area contributed by atoms with E-state index in [1.165, 1.54) is 0 Å². The molecule has 19 heteroatoms. The Kier molecular flexibility index (Phi) is 6.00. The van der Waals surface area contributed by atoms with E-state index in [2.05, 4.69) is 16.2 Å². The van der Waals surface area contributed by atoms with Crippen molar-refractivity contribution in [2.75, 3.05) is 11.5 Å². The van der Waals surface area contributed by atoms with Crippen molar-refractivity contribution in [2.45, 2.75) is 36.0 Å². The lowest BCUT2D eigenvalue weighted by Gasteiger charge is -2.39. The first-order chi connectivity index (χ1) is 13.4. The molecule has 0 saturated heterocycles. The van der Waals surface area contributed by atoms with Crippen LogP contribution in [0.25, 0.3) is 0 Å². The number of nitrogen functional groups attached to an aromatic ring is 2. The standard InChI is InChI=1S/C12H4F16N2O/c13-1-2(14)6(3(15)5(30)4(1)29)31-12(27,28)10(22,23)8(18,19)7(16,17)9(20,21)11(24,25)26/h29-30H2. The van der Waals surface area contributed by atoms with Gasteiger partial charge in [-0.25, -0.2) is 8.78 Å². The number of alkyl halides is 13. The van der Waals surface area contributed by atoms with Gasteiger partial charge in [-0.2, -0.15) is 61.5 Å². The molecule has 0 heterocycles.